The molecule has 34 heavy (non-hydrogen) atoms. The highest BCUT2D eigenvalue weighted by Gasteiger charge is 2.23. The minimum absolute atomic E-state index is 0.0740. The molecule has 3 aromatic carbocycles. The number of para-hydroxylation sites is 1. The number of sulfonamides is 1. The molecule has 0 saturated carbocycles. The second-order valence-electron chi connectivity index (χ2n) is 8.11. The molecule has 2 N–H and O–H groups in total. The molecule has 0 unspecified atom stereocenters. The van der Waals surface area contributed by atoms with Gasteiger partial charge in [0, 0.05) is 13.1 Å². The summed E-state index contributed by atoms with van der Waals surface area (Å²) in [7, 11) is -3.80. The Balaban J connectivity index is 1.51. The Bertz CT molecular complexity index is 1330. The highest BCUT2D eigenvalue weighted by atomic mass is 35.5. The number of hydrogen-bond donors (Lipinski definition) is 2. The summed E-state index contributed by atoms with van der Waals surface area (Å²) < 4.78 is 27.7. The number of rotatable bonds is 6. The average Bonchev–Trinajstić information content (AvgIpc) is 3.34. The predicted octanol–water partition coefficient (Wildman–Crippen LogP) is 4.94. The number of amides is 2. The van der Waals surface area contributed by atoms with Gasteiger partial charge in [-0.25, -0.2) is 8.42 Å². The number of anilines is 2. The van der Waals surface area contributed by atoms with E-state index < -0.39 is 15.9 Å². The fourth-order valence-corrected chi connectivity index (χ4v) is 5.07. The van der Waals surface area contributed by atoms with Gasteiger partial charge in [0.1, 0.15) is 0 Å². The van der Waals surface area contributed by atoms with E-state index >= 15 is 0 Å². The SMILES string of the molecule is Cc1ccc(S(=O)(=O)Nc2ccc(C(=O)Nc3ccccc3C(=O)N3CCCC3)c(Cl)c2)cc1. The Labute approximate surface area is 203 Å². The van der Waals surface area contributed by atoms with E-state index in [-0.39, 0.29) is 27.1 Å². The number of likely N-dealkylation sites (tertiary alicyclic amines) is 1. The van der Waals surface area contributed by atoms with Crippen LogP contribution in [0.3, 0.4) is 0 Å². The van der Waals surface area contributed by atoms with Gasteiger partial charge in [-0.15, -0.1) is 0 Å². The zero-order chi connectivity index (χ0) is 24.3. The van der Waals surface area contributed by atoms with Gasteiger partial charge in [0.2, 0.25) is 0 Å². The first-order valence-corrected chi connectivity index (χ1v) is 12.7. The zero-order valence-electron chi connectivity index (χ0n) is 18.5. The molecule has 0 aromatic heterocycles. The van der Waals surface area contributed by atoms with Crippen LogP contribution in [0.15, 0.2) is 71.6 Å². The topological polar surface area (TPSA) is 95.6 Å². The number of carbonyl (C=O) groups is 2. The highest BCUT2D eigenvalue weighted by molar-refractivity contribution is 7.92. The van der Waals surface area contributed by atoms with Crippen molar-refractivity contribution in [3.05, 3.63) is 88.4 Å². The summed E-state index contributed by atoms with van der Waals surface area (Å²) in [4.78, 5) is 27.7. The summed E-state index contributed by atoms with van der Waals surface area (Å²) in [5.74, 6) is -0.625. The Morgan fingerprint density at radius 3 is 2.26 bits per heavy atom. The summed E-state index contributed by atoms with van der Waals surface area (Å²) in [6.45, 7) is 3.27. The van der Waals surface area contributed by atoms with Gasteiger partial charge in [-0.05, 0) is 62.2 Å². The van der Waals surface area contributed by atoms with Gasteiger partial charge >= 0.3 is 0 Å². The predicted molar refractivity (Wildman–Crippen MR) is 133 cm³/mol. The lowest BCUT2D eigenvalue weighted by molar-refractivity contribution is 0.0794. The van der Waals surface area contributed by atoms with Crippen LogP contribution in [0.4, 0.5) is 11.4 Å². The van der Waals surface area contributed by atoms with Crippen LogP contribution in [0.1, 0.15) is 39.1 Å². The first-order valence-electron chi connectivity index (χ1n) is 10.8. The Morgan fingerprint density at radius 1 is 0.912 bits per heavy atom. The Kier molecular flexibility index (Phi) is 6.90. The van der Waals surface area contributed by atoms with Gasteiger partial charge in [-0.1, -0.05) is 41.4 Å². The van der Waals surface area contributed by atoms with E-state index in [1.165, 1.54) is 30.3 Å². The third-order valence-corrected chi connectivity index (χ3v) is 7.31. The minimum Gasteiger partial charge on any atom is -0.339 e. The molecular formula is C25H24ClN3O4S. The summed E-state index contributed by atoms with van der Waals surface area (Å²) in [5.41, 5.74) is 2.14. The molecule has 1 fully saturated rings. The molecule has 0 spiro atoms. The molecule has 3 aromatic rings. The number of carbonyl (C=O) groups excluding carboxylic acids is 2. The van der Waals surface area contributed by atoms with Crippen LogP contribution in [0.25, 0.3) is 0 Å². The molecule has 1 saturated heterocycles. The van der Waals surface area contributed by atoms with Crippen molar-refractivity contribution in [3.63, 3.8) is 0 Å². The van der Waals surface area contributed by atoms with Crippen molar-refractivity contribution < 1.29 is 18.0 Å². The van der Waals surface area contributed by atoms with Crippen molar-refractivity contribution in [2.75, 3.05) is 23.1 Å². The standard InChI is InChI=1S/C25H24ClN3O4S/c1-17-8-11-19(12-9-17)34(32,33)28-18-10-13-20(22(26)16-18)24(30)27-23-7-3-2-6-21(23)25(31)29-14-4-5-15-29/h2-3,6-13,16,28H,4-5,14-15H2,1H3,(H,27,30). The molecule has 9 heteroatoms. The lowest BCUT2D eigenvalue weighted by atomic mass is 10.1. The number of halogens is 1. The number of nitrogens with zero attached hydrogens (tertiary/aromatic N) is 1. The molecule has 0 bridgehead atoms. The minimum atomic E-state index is -3.80. The number of hydrogen-bond acceptors (Lipinski definition) is 4. The molecule has 1 aliphatic heterocycles. The Hall–Kier alpha value is -3.36. The summed E-state index contributed by atoms with van der Waals surface area (Å²) >= 11 is 6.32. The molecule has 176 valence electrons. The molecule has 0 aliphatic carbocycles. The number of nitrogens with one attached hydrogen (secondary N) is 2. The van der Waals surface area contributed by atoms with Crippen LogP contribution in [0.2, 0.25) is 5.02 Å². The van der Waals surface area contributed by atoms with Crippen LogP contribution in [-0.2, 0) is 10.0 Å². The van der Waals surface area contributed by atoms with Crippen LogP contribution in [0, 0.1) is 6.92 Å². The van der Waals surface area contributed by atoms with Crippen molar-refractivity contribution >= 4 is 44.8 Å². The lowest BCUT2D eigenvalue weighted by Crippen LogP contribution is -2.28. The maximum atomic E-state index is 12.9. The fraction of sp³-hybridized carbons (Fsp3) is 0.200. The van der Waals surface area contributed by atoms with Gasteiger partial charge in [-0.3, -0.25) is 14.3 Å². The molecule has 0 radical (unpaired) electrons. The van der Waals surface area contributed by atoms with Crippen LogP contribution in [0.5, 0.6) is 0 Å². The fourth-order valence-electron chi connectivity index (χ4n) is 3.75. The average molecular weight is 498 g/mol. The van der Waals surface area contributed by atoms with Crippen LogP contribution >= 0.6 is 11.6 Å². The van der Waals surface area contributed by atoms with E-state index in [0.717, 1.165) is 18.4 Å². The van der Waals surface area contributed by atoms with E-state index in [1.54, 1.807) is 41.3 Å². The molecule has 1 aliphatic rings. The maximum Gasteiger partial charge on any atom is 0.261 e. The summed E-state index contributed by atoms with van der Waals surface area (Å²) in [6.07, 6.45) is 1.94. The van der Waals surface area contributed by atoms with Crippen molar-refractivity contribution in [3.8, 4) is 0 Å². The molecular weight excluding hydrogens is 474 g/mol. The first-order chi connectivity index (χ1) is 16.2. The normalized spacial score (nSPS) is 13.5. The summed E-state index contributed by atoms with van der Waals surface area (Å²) in [5, 5.41) is 2.84. The summed E-state index contributed by atoms with van der Waals surface area (Å²) in [6, 6.07) is 17.6. The Morgan fingerprint density at radius 2 is 1.59 bits per heavy atom. The lowest BCUT2D eigenvalue weighted by Gasteiger charge is -2.18. The largest absolute Gasteiger partial charge is 0.339 e. The highest BCUT2D eigenvalue weighted by Crippen LogP contribution is 2.26. The maximum absolute atomic E-state index is 12.9. The monoisotopic (exact) mass is 497 g/mol. The second-order valence-corrected chi connectivity index (χ2v) is 10.2. The zero-order valence-corrected chi connectivity index (χ0v) is 20.1. The molecule has 2 amide bonds. The molecule has 0 atom stereocenters. The van der Waals surface area contributed by atoms with Crippen LogP contribution in [-0.4, -0.2) is 38.2 Å². The van der Waals surface area contributed by atoms with Gasteiger partial charge in [-0.2, -0.15) is 0 Å². The van der Waals surface area contributed by atoms with Gasteiger partial charge in [0.25, 0.3) is 21.8 Å². The first kappa shape index (κ1) is 23.8. The van der Waals surface area contributed by atoms with Gasteiger partial charge in [0.15, 0.2) is 0 Å². The molecule has 1 heterocycles. The van der Waals surface area contributed by atoms with Gasteiger partial charge < -0.3 is 10.2 Å². The third-order valence-electron chi connectivity index (χ3n) is 5.60. The van der Waals surface area contributed by atoms with E-state index in [0.29, 0.717) is 24.3 Å². The van der Waals surface area contributed by atoms with E-state index in [4.69, 9.17) is 11.6 Å². The number of aryl methyl sites for hydroxylation is 1. The van der Waals surface area contributed by atoms with Crippen molar-refractivity contribution in [2.24, 2.45) is 0 Å². The second kappa shape index (κ2) is 9.87. The smallest absolute Gasteiger partial charge is 0.261 e. The van der Waals surface area contributed by atoms with Crippen molar-refractivity contribution in [1.29, 1.82) is 0 Å². The third kappa shape index (κ3) is 5.24. The van der Waals surface area contributed by atoms with Crippen LogP contribution < -0.4 is 10.0 Å². The van der Waals surface area contributed by atoms with Crippen molar-refractivity contribution in [1.82, 2.24) is 4.90 Å². The number of benzene rings is 3. The molecule has 7 nitrogen and oxygen atoms in total. The van der Waals surface area contributed by atoms with E-state index in [9.17, 15) is 18.0 Å². The quantitative estimate of drug-likeness (QED) is 0.504. The van der Waals surface area contributed by atoms with Gasteiger partial charge in [0.05, 0.1) is 32.4 Å². The van der Waals surface area contributed by atoms with E-state index in [2.05, 4.69) is 10.0 Å². The molecule has 4 rings (SSSR count). The van der Waals surface area contributed by atoms with E-state index in [1.807, 2.05) is 6.92 Å². The van der Waals surface area contributed by atoms with Crippen molar-refractivity contribution in [2.45, 2.75) is 24.7 Å².